The minimum atomic E-state index is -4.86. The Labute approximate surface area is 237 Å². The second kappa shape index (κ2) is 13.4. The fourth-order valence-electron chi connectivity index (χ4n) is 4.24. The van der Waals surface area contributed by atoms with E-state index in [0.29, 0.717) is 24.1 Å². The summed E-state index contributed by atoms with van der Waals surface area (Å²) < 4.78 is 58.8. The lowest BCUT2D eigenvalue weighted by atomic mass is 10.1. The Morgan fingerprint density at radius 1 is 1.14 bits per heavy atom. The fourth-order valence-corrected chi connectivity index (χ4v) is 4.24. The third-order valence-corrected chi connectivity index (χ3v) is 6.15. The van der Waals surface area contributed by atoms with Gasteiger partial charge in [0.05, 0.1) is 54.2 Å². The van der Waals surface area contributed by atoms with E-state index in [9.17, 15) is 27.6 Å². The summed E-state index contributed by atoms with van der Waals surface area (Å²) in [6.45, 7) is 2.13. The van der Waals surface area contributed by atoms with Gasteiger partial charge in [0.2, 0.25) is 5.91 Å². The van der Waals surface area contributed by atoms with Crippen LogP contribution in [0.5, 0.6) is 5.75 Å². The van der Waals surface area contributed by atoms with E-state index in [1.807, 2.05) is 5.32 Å². The number of Topliss-reactive ketones (excluding diaryl/α,β-unsaturated/α-hetero) is 1. The summed E-state index contributed by atoms with van der Waals surface area (Å²) in [7, 11) is 0. The molecule has 0 aliphatic carbocycles. The molecule has 1 fully saturated rings. The van der Waals surface area contributed by atoms with Gasteiger partial charge in [-0.15, -0.1) is 5.10 Å². The van der Waals surface area contributed by atoms with Crippen molar-refractivity contribution in [3.8, 4) is 11.4 Å². The number of anilines is 2. The van der Waals surface area contributed by atoms with Gasteiger partial charge in [-0.1, -0.05) is 17.3 Å². The molecule has 0 radical (unpaired) electrons. The third kappa shape index (κ3) is 7.82. The third-order valence-electron chi connectivity index (χ3n) is 6.15. The zero-order valence-corrected chi connectivity index (χ0v) is 22.4. The standard InChI is InChI=1S/C27H28F3N5O7/c1-2-40-23-12-21(33-26(38)39)20(11-19(23)27(28,29)30)32-24(37)13-22(36)16-6-5-7-17(10-16)35-18(14-31-34-35)15-42-25-8-3-4-9-41-25/h5-7,10-12,14,25,33H,2-4,8-9,13,15H2,1H3,(H,32,37)(H,38,39). The first kappa shape index (κ1) is 30.5. The lowest BCUT2D eigenvalue weighted by molar-refractivity contribution is -0.169. The summed E-state index contributed by atoms with van der Waals surface area (Å²) in [6.07, 6.45) is -3.25. The van der Waals surface area contributed by atoms with Crippen LogP contribution in [0.1, 0.15) is 54.2 Å². The Morgan fingerprint density at radius 3 is 2.62 bits per heavy atom. The number of rotatable bonds is 11. The number of carboxylic acid groups (broad SMARTS) is 1. The van der Waals surface area contributed by atoms with Crippen molar-refractivity contribution in [3.05, 3.63) is 59.4 Å². The quantitative estimate of drug-likeness (QED) is 0.206. The molecule has 4 rings (SSSR count). The maximum atomic E-state index is 13.6. The highest BCUT2D eigenvalue weighted by atomic mass is 19.4. The van der Waals surface area contributed by atoms with Crippen molar-refractivity contribution in [2.45, 2.75) is 51.7 Å². The minimum Gasteiger partial charge on any atom is -0.493 e. The zero-order chi connectivity index (χ0) is 30.3. The van der Waals surface area contributed by atoms with E-state index in [2.05, 4.69) is 15.6 Å². The number of benzene rings is 2. The zero-order valence-electron chi connectivity index (χ0n) is 22.4. The van der Waals surface area contributed by atoms with Gasteiger partial charge in [0.1, 0.15) is 5.75 Å². The van der Waals surface area contributed by atoms with Crippen LogP contribution in [-0.4, -0.2) is 57.4 Å². The monoisotopic (exact) mass is 591 g/mol. The number of hydrogen-bond acceptors (Lipinski definition) is 8. The van der Waals surface area contributed by atoms with Crippen molar-refractivity contribution in [2.24, 2.45) is 0 Å². The normalized spacial score (nSPS) is 15.2. The molecule has 0 saturated carbocycles. The van der Waals surface area contributed by atoms with E-state index >= 15 is 0 Å². The van der Waals surface area contributed by atoms with E-state index in [1.165, 1.54) is 29.9 Å². The van der Waals surface area contributed by atoms with Crippen LogP contribution in [0, 0.1) is 0 Å². The highest BCUT2D eigenvalue weighted by Gasteiger charge is 2.36. The Bertz CT molecular complexity index is 1440. The van der Waals surface area contributed by atoms with Crippen molar-refractivity contribution in [2.75, 3.05) is 23.8 Å². The van der Waals surface area contributed by atoms with Gasteiger partial charge < -0.3 is 24.6 Å². The van der Waals surface area contributed by atoms with Crippen molar-refractivity contribution in [1.82, 2.24) is 15.0 Å². The predicted octanol–water partition coefficient (Wildman–Crippen LogP) is 5.03. The van der Waals surface area contributed by atoms with Crippen LogP contribution in [-0.2, 0) is 27.1 Å². The molecule has 2 heterocycles. The summed E-state index contributed by atoms with van der Waals surface area (Å²) in [5, 5.41) is 21.2. The highest BCUT2D eigenvalue weighted by molar-refractivity contribution is 6.12. The SMILES string of the molecule is CCOc1cc(NC(=O)O)c(NC(=O)CC(=O)c2cccc(-n3nncc3COC3CCCCO3)c2)cc1C(F)(F)F. The summed E-state index contributed by atoms with van der Waals surface area (Å²) in [5.74, 6) is -2.22. The van der Waals surface area contributed by atoms with Crippen LogP contribution in [0.15, 0.2) is 42.6 Å². The molecule has 1 unspecified atom stereocenters. The number of amides is 2. The highest BCUT2D eigenvalue weighted by Crippen LogP contribution is 2.41. The first-order chi connectivity index (χ1) is 20.0. The van der Waals surface area contributed by atoms with Gasteiger partial charge in [0, 0.05) is 18.2 Å². The number of ether oxygens (including phenoxy) is 3. The van der Waals surface area contributed by atoms with E-state index in [-0.39, 0.29) is 30.8 Å². The van der Waals surface area contributed by atoms with E-state index in [4.69, 9.17) is 19.3 Å². The summed E-state index contributed by atoms with van der Waals surface area (Å²) >= 11 is 0. The van der Waals surface area contributed by atoms with E-state index < -0.39 is 47.4 Å². The molecule has 3 N–H and O–H groups in total. The van der Waals surface area contributed by atoms with Gasteiger partial charge in [0.25, 0.3) is 0 Å². The van der Waals surface area contributed by atoms with Crippen LogP contribution >= 0.6 is 0 Å². The maximum Gasteiger partial charge on any atom is 0.420 e. The number of carbonyl (C=O) groups excluding carboxylic acids is 2. The lowest BCUT2D eigenvalue weighted by Crippen LogP contribution is -2.22. The Balaban J connectivity index is 1.49. The van der Waals surface area contributed by atoms with Crippen molar-refractivity contribution >= 4 is 29.2 Å². The fraction of sp³-hybridized carbons (Fsp3) is 0.370. The molecule has 2 aromatic carbocycles. The van der Waals surface area contributed by atoms with Crippen LogP contribution < -0.4 is 15.4 Å². The first-order valence-corrected chi connectivity index (χ1v) is 13.0. The molecule has 1 atom stereocenters. The number of carbonyl (C=O) groups is 3. The first-order valence-electron chi connectivity index (χ1n) is 13.0. The minimum absolute atomic E-state index is 0.118. The second-order valence-corrected chi connectivity index (χ2v) is 9.20. The molecule has 0 bridgehead atoms. The van der Waals surface area contributed by atoms with E-state index in [1.54, 1.807) is 12.1 Å². The van der Waals surface area contributed by atoms with Crippen LogP contribution in [0.4, 0.5) is 29.3 Å². The molecule has 224 valence electrons. The van der Waals surface area contributed by atoms with Gasteiger partial charge in [-0.25, -0.2) is 9.48 Å². The van der Waals surface area contributed by atoms with Crippen molar-refractivity contribution < 1.29 is 46.9 Å². The molecular weight excluding hydrogens is 563 g/mol. The molecule has 1 saturated heterocycles. The van der Waals surface area contributed by atoms with Crippen LogP contribution in [0.25, 0.3) is 5.69 Å². The van der Waals surface area contributed by atoms with Gasteiger partial charge in [-0.05, 0) is 44.4 Å². The Morgan fingerprint density at radius 2 is 1.93 bits per heavy atom. The molecule has 1 aliphatic rings. The van der Waals surface area contributed by atoms with Crippen molar-refractivity contribution in [3.63, 3.8) is 0 Å². The lowest BCUT2D eigenvalue weighted by Gasteiger charge is -2.22. The number of nitrogens with one attached hydrogen (secondary N) is 2. The molecule has 3 aromatic rings. The smallest absolute Gasteiger partial charge is 0.420 e. The number of hydrogen-bond donors (Lipinski definition) is 3. The summed E-state index contributed by atoms with van der Waals surface area (Å²) in [4.78, 5) is 36.9. The number of ketones is 1. The largest absolute Gasteiger partial charge is 0.493 e. The molecule has 15 heteroatoms. The van der Waals surface area contributed by atoms with Crippen molar-refractivity contribution in [1.29, 1.82) is 0 Å². The molecular formula is C27H28F3N5O7. The van der Waals surface area contributed by atoms with Gasteiger partial charge in [-0.2, -0.15) is 13.2 Å². The van der Waals surface area contributed by atoms with E-state index in [0.717, 1.165) is 25.3 Å². The number of alkyl halides is 3. The molecule has 0 spiro atoms. The topological polar surface area (TPSA) is 154 Å². The predicted molar refractivity (Wildman–Crippen MR) is 142 cm³/mol. The molecule has 2 amide bonds. The van der Waals surface area contributed by atoms with Crippen LogP contribution in [0.3, 0.4) is 0 Å². The van der Waals surface area contributed by atoms with Crippen LogP contribution in [0.2, 0.25) is 0 Å². The Hall–Kier alpha value is -4.50. The van der Waals surface area contributed by atoms with Gasteiger partial charge in [0.15, 0.2) is 12.1 Å². The second-order valence-electron chi connectivity index (χ2n) is 9.20. The molecule has 1 aromatic heterocycles. The molecule has 12 nitrogen and oxygen atoms in total. The van der Waals surface area contributed by atoms with Gasteiger partial charge >= 0.3 is 12.3 Å². The number of nitrogens with zero attached hydrogens (tertiary/aromatic N) is 3. The Kier molecular flexibility index (Phi) is 9.75. The average Bonchev–Trinajstić information content (AvgIpc) is 3.42. The maximum absolute atomic E-state index is 13.6. The summed E-state index contributed by atoms with van der Waals surface area (Å²) in [5.41, 5.74) is -0.878. The summed E-state index contributed by atoms with van der Waals surface area (Å²) in [6, 6.07) is 7.58. The van der Waals surface area contributed by atoms with Gasteiger partial charge in [-0.3, -0.25) is 14.9 Å². The average molecular weight is 592 g/mol. The number of halogens is 3. The molecule has 42 heavy (non-hydrogen) atoms. The number of aromatic nitrogens is 3. The molecule has 1 aliphatic heterocycles.